The molecule has 0 saturated heterocycles. The van der Waals surface area contributed by atoms with Gasteiger partial charge in [-0.25, -0.2) is 4.68 Å². The molecule has 5 heteroatoms. The maximum absolute atomic E-state index is 5.26. The molecule has 1 heterocycles. The molecule has 72 valence electrons. The molecule has 3 N–H and O–H groups in total. The van der Waals surface area contributed by atoms with E-state index in [-0.39, 0.29) is 0 Å². The van der Waals surface area contributed by atoms with Gasteiger partial charge in [0.25, 0.3) is 0 Å². The summed E-state index contributed by atoms with van der Waals surface area (Å²) in [7, 11) is 0. The predicted molar refractivity (Wildman–Crippen MR) is 53.4 cm³/mol. The number of nitrogen functional groups attached to an aromatic ring is 1. The van der Waals surface area contributed by atoms with Crippen LogP contribution >= 0.6 is 0 Å². The van der Waals surface area contributed by atoms with E-state index < -0.39 is 0 Å². The molecule has 0 unspecified atom stereocenters. The van der Waals surface area contributed by atoms with Gasteiger partial charge in [-0.2, -0.15) is 0 Å². The summed E-state index contributed by atoms with van der Waals surface area (Å²) in [6.45, 7) is 0.727. The Morgan fingerprint density at radius 1 is 1.29 bits per heavy atom. The Morgan fingerprint density at radius 3 is 2.64 bits per heavy atom. The minimum atomic E-state index is 0.727. The molecule has 0 aliphatic carbocycles. The van der Waals surface area contributed by atoms with Gasteiger partial charge in [0.1, 0.15) is 0 Å². The maximum atomic E-state index is 5.26. The van der Waals surface area contributed by atoms with Crippen molar-refractivity contribution in [2.24, 2.45) is 5.84 Å². The number of hydrazine groups is 1. The van der Waals surface area contributed by atoms with Gasteiger partial charge in [-0.3, -0.25) is 5.84 Å². The largest absolute Gasteiger partial charge is 0.324 e. The minimum absolute atomic E-state index is 0.727. The van der Waals surface area contributed by atoms with Crippen molar-refractivity contribution < 1.29 is 0 Å². The summed E-state index contributed by atoms with van der Waals surface area (Å²) in [4.78, 5) is 0. The van der Waals surface area contributed by atoms with Crippen molar-refractivity contribution in [3.63, 3.8) is 0 Å². The quantitative estimate of drug-likeness (QED) is 0.548. The van der Waals surface area contributed by atoms with E-state index in [1.807, 2.05) is 30.5 Å². The van der Waals surface area contributed by atoms with Crippen molar-refractivity contribution in [1.82, 2.24) is 15.0 Å². The molecule has 0 amide bonds. The smallest absolute Gasteiger partial charge is 0.0693 e. The number of aromatic nitrogens is 3. The second kappa shape index (κ2) is 3.89. The van der Waals surface area contributed by atoms with Gasteiger partial charge in [0.2, 0.25) is 0 Å². The first-order valence-corrected chi connectivity index (χ1v) is 4.28. The molecule has 0 bridgehead atoms. The van der Waals surface area contributed by atoms with E-state index in [4.69, 9.17) is 5.84 Å². The van der Waals surface area contributed by atoms with E-state index in [2.05, 4.69) is 15.7 Å². The molecule has 5 nitrogen and oxygen atoms in total. The highest BCUT2D eigenvalue weighted by molar-refractivity contribution is 5.43. The van der Waals surface area contributed by atoms with E-state index in [1.54, 1.807) is 10.9 Å². The first-order valence-electron chi connectivity index (χ1n) is 4.28. The zero-order valence-electron chi connectivity index (χ0n) is 7.59. The van der Waals surface area contributed by atoms with E-state index in [9.17, 15) is 0 Å². The van der Waals surface area contributed by atoms with Crippen molar-refractivity contribution in [1.29, 1.82) is 0 Å². The van der Waals surface area contributed by atoms with Crippen molar-refractivity contribution in [2.45, 2.75) is 6.54 Å². The molecule has 0 spiro atoms. The lowest BCUT2D eigenvalue weighted by Gasteiger charge is -2.02. The van der Waals surface area contributed by atoms with Gasteiger partial charge in [0, 0.05) is 11.9 Å². The van der Waals surface area contributed by atoms with Crippen LogP contribution in [0.2, 0.25) is 0 Å². The van der Waals surface area contributed by atoms with Crippen molar-refractivity contribution in [2.75, 3.05) is 5.43 Å². The lowest BCUT2D eigenvalue weighted by molar-refractivity contribution is 0.650. The van der Waals surface area contributed by atoms with Crippen LogP contribution in [-0.2, 0) is 6.54 Å². The molecule has 2 rings (SSSR count). The fourth-order valence-electron chi connectivity index (χ4n) is 1.21. The second-order valence-corrected chi connectivity index (χ2v) is 2.94. The Labute approximate surface area is 81.5 Å². The number of hydrogen-bond donors (Lipinski definition) is 2. The highest BCUT2D eigenvalue weighted by atomic mass is 15.4. The SMILES string of the molecule is NNc1ccc(Cn2ccnn2)cc1. The molecule has 0 fully saturated rings. The first-order chi connectivity index (χ1) is 6.88. The van der Waals surface area contributed by atoms with Gasteiger partial charge < -0.3 is 5.43 Å². The van der Waals surface area contributed by atoms with Gasteiger partial charge >= 0.3 is 0 Å². The van der Waals surface area contributed by atoms with Crippen molar-refractivity contribution >= 4 is 5.69 Å². The van der Waals surface area contributed by atoms with Gasteiger partial charge in [-0.15, -0.1) is 5.10 Å². The predicted octanol–water partition coefficient (Wildman–Crippen LogP) is 0.612. The fourth-order valence-corrected chi connectivity index (χ4v) is 1.21. The standard InChI is InChI=1S/C9H11N5/c10-12-9-3-1-8(2-4-9)7-14-6-5-11-13-14/h1-6,12H,7,10H2. The van der Waals surface area contributed by atoms with Crippen LogP contribution in [0.1, 0.15) is 5.56 Å². The molecule has 1 aromatic heterocycles. The van der Waals surface area contributed by atoms with Gasteiger partial charge in [-0.05, 0) is 17.7 Å². The van der Waals surface area contributed by atoms with E-state index in [0.717, 1.165) is 17.8 Å². The Kier molecular flexibility index (Phi) is 2.42. The third-order valence-corrected chi connectivity index (χ3v) is 1.94. The Hall–Kier alpha value is -1.88. The lowest BCUT2D eigenvalue weighted by Crippen LogP contribution is -2.06. The number of benzene rings is 1. The van der Waals surface area contributed by atoms with E-state index in [0.29, 0.717) is 0 Å². The topological polar surface area (TPSA) is 68.8 Å². The average Bonchev–Trinajstić information content (AvgIpc) is 2.72. The third-order valence-electron chi connectivity index (χ3n) is 1.94. The second-order valence-electron chi connectivity index (χ2n) is 2.94. The van der Waals surface area contributed by atoms with Crippen LogP contribution in [0.5, 0.6) is 0 Å². The fraction of sp³-hybridized carbons (Fsp3) is 0.111. The highest BCUT2D eigenvalue weighted by Gasteiger charge is 1.95. The van der Waals surface area contributed by atoms with Crippen LogP contribution in [0.3, 0.4) is 0 Å². The number of anilines is 1. The monoisotopic (exact) mass is 189 g/mol. The van der Waals surface area contributed by atoms with Crippen LogP contribution in [0.4, 0.5) is 5.69 Å². The molecule has 0 aliphatic heterocycles. The third kappa shape index (κ3) is 1.89. The lowest BCUT2D eigenvalue weighted by atomic mass is 10.2. The van der Waals surface area contributed by atoms with Crippen molar-refractivity contribution in [3.05, 3.63) is 42.2 Å². The molecule has 1 aromatic carbocycles. The highest BCUT2D eigenvalue weighted by Crippen LogP contribution is 2.08. The van der Waals surface area contributed by atoms with Gasteiger partial charge in [0.05, 0.1) is 12.7 Å². The summed E-state index contributed by atoms with van der Waals surface area (Å²) < 4.78 is 1.77. The Morgan fingerprint density at radius 2 is 2.07 bits per heavy atom. The summed E-state index contributed by atoms with van der Waals surface area (Å²) in [5.74, 6) is 5.26. The van der Waals surface area contributed by atoms with Crippen LogP contribution < -0.4 is 11.3 Å². The summed E-state index contributed by atoms with van der Waals surface area (Å²) in [6.07, 6.45) is 3.49. The van der Waals surface area contributed by atoms with Crippen LogP contribution in [0.15, 0.2) is 36.7 Å². The summed E-state index contributed by atoms with van der Waals surface area (Å²) in [6, 6.07) is 7.84. The van der Waals surface area contributed by atoms with Crippen LogP contribution in [0.25, 0.3) is 0 Å². The molecular weight excluding hydrogens is 178 g/mol. The number of rotatable bonds is 3. The minimum Gasteiger partial charge on any atom is -0.324 e. The average molecular weight is 189 g/mol. The summed E-state index contributed by atoms with van der Waals surface area (Å²) >= 11 is 0. The van der Waals surface area contributed by atoms with Gasteiger partial charge in [0.15, 0.2) is 0 Å². The van der Waals surface area contributed by atoms with Crippen LogP contribution in [0, 0.1) is 0 Å². The first kappa shape index (κ1) is 8.71. The number of hydrogen-bond acceptors (Lipinski definition) is 4. The molecule has 0 saturated carbocycles. The molecular formula is C9H11N5. The molecule has 0 radical (unpaired) electrons. The molecule has 14 heavy (non-hydrogen) atoms. The molecule has 2 aromatic rings. The zero-order valence-corrected chi connectivity index (χ0v) is 7.59. The molecule has 0 atom stereocenters. The summed E-state index contributed by atoms with van der Waals surface area (Å²) in [5.41, 5.74) is 4.64. The van der Waals surface area contributed by atoms with E-state index >= 15 is 0 Å². The molecule has 0 aliphatic rings. The van der Waals surface area contributed by atoms with E-state index in [1.165, 1.54) is 0 Å². The summed E-state index contributed by atoms with van der Waals surface area (Å²) in [5, 5.41) is 7.61. The van der Waals surface area contributed by atoms with Crippen LogP contribution in [-0.4, -0.2) is 15.0 Å². The van der Waals surface area contributed by atoms with Gasteiger partial charge in [-0.1, -0.05) is 17.3 Å². The normalized spacial score (nSPS) is 10.1. The Balaban J connectivity index is 2.10. The van der Waals surface area contributed by atoms with Crippen molar-refractivity contribution in [3.8, 4) is 0 Å². The zero-order chi connectivity index (χ0) is 9.80. The number of nitrogens with two attached hydrogens (primary N) is 1. The Bertz CT molecular complexity index is 378. The number of nitrogens with one attached hydrogen (secondary N) is 1. The maximum Gasteiger partial charge on any atom is 0.0693 e. The number of nitrogens with zero attached hydrogens (tertiary/aromatic N) is 3.